The molecule has 0 aliphatic rings. The number of aryl methyl sites for hydroxylation is 1. The van der Waals surface area contributed by atoms with Crippen molar-refractivity contribution in [3.63, 3.8) is 0 Å². The van der Waals surface area contributed by atoms with Crippen LogP contribution >= 0.6 is 0 Å². The van der Waals surface area contributed by atoms with Crippen LogP contribution in [0.15, 0.2) is 42.5 Å². The quantitative estimate of drug-likeness (QED) is 0.657. The van der Waals surface area contributed by atoms with Crippen molar-refractivity contribution in [1.29, 1.82) is 0 Å². The van der Waals surface area contributed by atoms with E-state index in [1.165, 1.54) is 13.0 Å². The second-order valence-corrected chi connectivity index (χ2v) is 5.02. The number of nitrogens with one attached hydrogen (secondary N) is 1. The topological polar surface area (TPSA) is 81.4 Å². The third kappa shape index (κ3) is 4.09. The van der Waals surface area contributed by atoms with E-state index in [4.69, 9.17) is 10.5 Å². The van der Waals surface area contributed by atoms with E-state index >= 15 is 0 Å². The maximum atomic E-state index is 11.9. The Labute approximate surface area is 129 Å². The number of amides is 1. The molecule has 0 aliphatic heterocycles. The Morgan fingerprint density at radius 1 is 1.18 bits per heavy atom. The van der Waals surface area contributed by atoms with Gasteiger partial charge in [0.15, 0.2) is 12.4 Å². The van der Waals surface area contributed by atoms with Crippen LogP contribution in [0.25, 0.3) is 0 Å². The molecule has 1 amide bonds. The molecular formula is C17H18N2O3. The van der Waals surface area contributed by atoms with E-state index in [9.17, 15) is 9.59 Å². The summed E-state index contributed by atoms with van der Waals surface area (Å²) in [5.74, 6) is 0.0282. The number of hydrogen-bond acceptors (Lipinski definition) is 4. The zero-order valence-corrected chi connectivity index (χ0v) is 12.6. The molecule has 0 unspecified atom stereocenters. The maximum absolute atomic E-state index is 11.9. The van der Waals surface area contributed by atoms with Crippen molar-refractivity contribution >= 4 is 23.1 Å². The van der Waals surface area contributed by atoms with Crippen LogP contribution in [0.4, 0.5) is 11.4 Å². The van der Waals surface area contributed by atoms with Crippen LogP contribution in [0, 0.1) is 6.92 Å². The first-order chi connectivity index (χ1) is 10.5. The first-order valence-corrected chi connectivity index (χ1v) is 6.85. The van der Waals surface area contributed by atoms with Gasteiger partial charge in [0.2, 0.25) is 0 Å². The number of rotatable bonds is 5. The van der Waals surface area contributed by atoms with Crippen molar-refractivity contribution in [3.05, 3.63) is 53.6 Å². The molecule has 0 aromatic heterocycles. The summed E-state index contributed by atoms with van der Waals surface area (Å²) < 4.78 is 5.39. The summed E-state index contributed by atoms with van der Waals surface area (Å²) >= 11 is 0. The summed E-state index contributed by atoms with van der Waals surface area (Å²) in [5, 5.41) is 2.74. The molecule has 5 heteroatoms. The Hall–Kier alpha value is -2.82. The van der Waals surface area contributed by atoms with Crippen molar-refractivity contribution in [2.75, 3.05) is 17.7 Å². The van der Waals surface area contributed by atoms with Gasteiger partial charge in [-0.3, -0.25) is 9.59 Å². The summed E-state index contributed by atoms with van der Waals surface area (Å²) in [6.45, 7) is 3.26. The summed E-state index contributed by atoms with van der Waals surface area (Å²) in [7, 11) is 0. The second-order valence-electron chi connectivity index (χ2n) is 5.02. The Morgan fingerprint density at radius 3 is 2.59 bits per heavy atom. The van der Waals surface area contributed by atoms with E-state index in [0.717, 1.165) is 5.56 Å². The zero-order valence-electron chi connectivity index (χ0n) is 12.6. The van der Waals surface area contributed by atoms with E-state index in [0.29, 0.717) is 22.7 Å². The summed E-state index contributed by atoms with van der Waals surface area (Å²) in [5.41, 5.74) is 8.42. The number of benzene rings is 2. The number of ether oxygens (including phenoxy) is 1. The molecule has 0 heterocycles. The van der Waals surface area contributed by atoms with Crippen LogP contribution < -0.4 is 15.8 Å². The molecule has 0 aliphatic carbocycles. The largest absolute Gasteiger partial charge is 0.482 e. The fourth-order valence-corrected chi connectivity index (χ4v) is 1.96. The third-order valence-electron chi connectivity index (χ3n) is 3.08. The van der Waals surface area contributed by atoms with E-state index in [1.807, 2.05) is 25.1 Å². The van der Waals surface area contributed by atoms with Crippen LogP contribution in [-0.2, 0) is 4.79 Å². The molecule has 3 N–H and O–H groups in total. The Balaban J connectivity index is 1.95. The van der Waals surface area contributed by atoms with Crippen LogP contribution in [0.3, 0.4) is 0 Å². The third-order valence-corrected chi connectivity index (χ3v) is 3.08. The SMILES string of the molecule is CC(=O)c1ccc(OCC(=O)Nc2cccc(C)c2)c(N)c1. The van der Waals surface area contributed by atoms with E-state index in [1.54, 1.807) is 18.2 Å². The van der Waals surface area contributed by atoms with Gasteiger partial charge in [0.25, 0.3) is 5.91 Å². The van der Waals surface area contributed by atoms with E-state index in [-0.39, 0.29) is 18.3 Å². The number of ketones is 1. The smallest absolute Gasteiger partial charge is 0.262 e. The van der Waals surface area contributed by atoms with Gasteiger partial charge in [-0.05, 0) is 49.7 Å². The van der Waals surface area contributed by atoms with Crippen LogP contribution in [0.1, 0.15) is 22.8 Å². The summed E-state index contributed by atoms with van der Waals surface area (Å²) in [6, 6.07) is 12.2. The Morgan fingerprint density at radius 2 is 1.95 bits per heavy atom. The lowest BCUT2D eigenvalue weighted by Gasteiger charge is -2.10. The summed E-state index contributed by atoms with van der Waals surface area (Å²) in [6.07, 6.45) is 0. The number of Topliss-reactive ketones (excluding diaryl/α,β-unsaturated/α-hetero) is 1. The minimum atomic E-state index is -0.277. The van der Waals surface area contributed by atoms with Crippen LogP contribution in [0.2, 0.25) is 0 Å². The lowest BCUT2D eigenvalue weighted by atomic mass is 10.1. The maximum Gasteiger partial charge on any atom is 0.262 e. The molecule has 0 atom stereocenters. The van der Waals surface area contributed by atoms with Crippen molar-refractivity contribution in [1.82, 2.24) is 0 Å². The van der Waals surface area contributed by atoms with Gasteiger partial charge in [0.05, 0.1) is 5.69 Å². The lowest BCUT2D eigenvalue weighted by Crippen LogP contribution is -2.20. The number of carbonyl (C=O) groups excluding carboxylic acids is 2. The summed E-state index contributed by atoms with van der Waals surface area (Å²) in [4.78, 5) is 23.1. The highest BCUT2D eigenvalue weighted by Crippen LogP contribution is 2.22. The van der Waals surface area contributed by atoms with Crippen LogP contribution in [0.5, 0.6) is 5.75 Å². The van der Waals surface area contributed by atoms with Gasteiger partial charge in [-0.2, -0.15) is 0 Å². The number of anilines is 2. The Bertz CT molecular complexity index is 711. The van der Waals surface area contributed by atoms with Crippen molar-refractivity contribution < 1.29 is 14.3 Å². The van der Waals surface area contributed by atoms with Gasteiger partial charge >= 0.3 is 0 Å². The molecule has 22 heavy (non-hydrogen) atoms. The van der Waals surface area contributed by atoms with E-state index in [2.05, 4.69) is 5.32 Å². The molecule has 0 saturated carbocycles. The fourth-order valence-electron chi connectivity index (χ4n) is 1.96. The highest BCUT2D eigenvalue weighted by atomic mass is 16.5. The first kappa shape index (κ1) is 15.6. The van der Waals surface area contributed by atoms with Gasteiger partial charge in [0.1, 0.15) is 5.75 Å². The second kappa shape index (κ2) is 6.76. The van der Waals surface area contributed by atoms with Gasteiger partial charge in [-0.15, -0.1) is 0 Å². The Kier molecular flexibility index (Phi) is 4.78. The van der Waals surface area contributed by atoms with Gasteiger partial charge in [-0.25, -0.2) is 0 Å². The molecule has 0 saturated heterocycles. The average Bonchev–Trinajstić information content (AvgIpc) is 2.45. The molecule has 0 bridgehead atoms. The molecule has 0 radical (unpaired) electrons. The van der Waals surface area contributed by atoms with Crippen LogP contribution in [-0.4, -0.2) is 18.3 Å². The molecule has 0 spiro atoms. The monoisotopic (exact) mass is 298 g/mol. The highest BCUT2D eigenvalue weighted by molar-refractivity contribution is 5.95. The molecular weight excluding hydrogens is 280 g/mol. The predicted octanol–water partition coefficient (Wildman–Crippen LogP) is 2.80. The van der Waals surface area contributed by atoms with E-state index < -0.39 is 0 Å². The highest BCUT2D eigenvalue weighted by Gasteiger charge is 2.08. The first-order valence-electron chi connectivity index (χ1n) is 6.85. The molecule has 2 rings (SSSR count). The standard InChI is InChI=1S/C17H18N2O3/c1-11-4-3-5-14(8-11)19-17(21)10-22-16-7-6-13(12(2)20)9-15(16)18/h3-9H,10,18H2,1-2H3,(H,19,21). The molecule has 0 fully saturated rings. The number of hydrogen-bond donors (Lipinski definition) is 2. The number of nitrogen functional groups attached to an aromatic ring is 1. The molecule has 2 aromatic rings. The fraction of sp³-hybridized carbons (Fsp3) is 0.176. The average molecular weight is 298 g/mol. The number of nitrogens with two attached hydrogens (primary N) is 1. The zero-order chi connectivity index (χ0) is 16.1. The van der Waals surface area contributed by atoms with Gasteiger partial charge < -0.3 is 15.8 Å². The minimum absolute atomic E-state index is 0.0737. The van der Waals surface area contributed by atoms with Gasteiger partial charge in [0, 0.05) is 11.3 Å². The van der Waals surface area contributed by atoms with Crippen molar-refractivity contribution in [2.45, 2.75) is 13.8 Å². The lowest BCUT2D eigenvalue weighted by molar-refractivity contribution is -0.118. The predicted molar refractivity (Wildman–Crippen MR) is 86.2 cm³/mol. The van der Waals surface area contributed by atoms with Crippen molar-refractivity contribution in [2.24, 2.45) is 0 Å². The minimum Gasteiger partial charge on any atom is -0.482 e. The number of carbonyl (C=O) groups is 2. The van der Waals surface area contributed by atoms with Crippen molar-refractivity contribution in [3.8, 4) is 5.75 Å². The normalized spacial score (nSPS) is 10.1. The molecule has 114 valence electrons. The van der Waals surface area contributed by atoms with Gasteiger partial charge in [-0.1, -0.05) is 12.1 Å². The molecule has 2 aromatic carbocycles. The molecule has 5 nitrogen and oxygen atoms in total.